The molecular formula is C25H28O2Si. The van der Waals surface area contributed by atoms with Gasteiger partial charge in [-0.3, -0.25) is 0 Å². The first kappa shape index (κ1) is 19.0. The van der Waals surface area contributed by atoms with Gasteiger partial charge in [0.25, 0.3) is 0 Å². The quantitative estimate of drug-likeness (QED) is 0.621. The van der Waals surface area contributed by atoms with Crippen molar-refractivity contribution in [1.29, 1.82) is 0 Å². The lowest BCUT2D eigenvalue weighted by atomic mass is 9.78. The predicted octanol–water partition coefficient (Wildman–Crippen LogP) is 5.03. The van der Waals surface area contributed by atoms with E-state index in [0.717, 1.165) is 16.9 Å². The molecule has 0 amide bonds. The molecule has 0 saturated carbocycles. The van der Waals surface area contributed by atoms with Gasteiger partial charge in [0.05, 0.1) is 14.7 Å². The predicted molar refractivity (Wildman–Crippen MR) is 118 cm³/mol. The molecule has 1 atom stereocenters. The monoisotopic (exact) mass is 388 g/mol. The Bertz CT molecular complexity index is 906. The lowest BCUT2D eigenvalue weighted by molar-refractivity contribution is 0.0599. The first-order valence-corrected chi connectivity index (χ1v) is 13.5. The third kappa shape index (κ3) is 3.41. The normalized spacial score (nSPS) is 16.5. The number of aliphatic hydroxyl groups is 1. The van der Waals surface area contributed by atoms with Crippen LogP contribution in [-0.4, -0.2) is 19.8 Å². The van der Waals surface area contributed by atoms with Crippen molar-refractivity contribution in [3.8, 4) is 5.75 Å². The molecule has 0 aromatic heterocycles. The highest BCUT2D eigenvalue weighted by Crippen LogP contribution is 2.43. The molecule has 1 aliphatic rings. The summed E-state index contributed by atoms with van der Waals surface area (Å²) in [7, 11) is -1.49. The highest BCUT2D eigenvalue weighted by Gasteiger charge is 2.39. The standard InChI is InChI=1S/C25H28O2Si/c1-28(2,3)23-16-10-15-22-19(18-27-24(22)23)17-25(26,20-11-6-4-7-12-20)21-13-8-5-9-14-21/h4-16,19,26H,17-18H2,1-3H3/t19-/m0/s1. The summed E-state index contributed by atoms with van der Waals surface area (Å²) in [6.07, 6.45) is 0.600. The molecule has 0 bridgehead atoms. The summed E-state index contributed by atoms with van der Waals surface area (Å²) in [5.41, 5.74) is 2.05. The van der Waals surface area contributed by atoms with E-state index in [1.807, 2.05) is 60.7 Å². The van der Waals surface area contributed by atoms with Crippen LogP contribution in [0.15, 0.2) is 78.9 Å². The topological polar surface area (TPSA) is 29.5 Å². The van der Waals surface area contributed by atoms with E-state index in [9.17, 15) is 5.11 Å². The fraction of sp³-hybridized carbons (Fsp3) is 0.280. The number of hydrogen-bond acceptors (Lipinski definition) is 2. The molecule has 3 aromatic carbocycles. The van der Waals surface area contributed by atoms with Crippen molar-refractivity contribution in [3.05, 3.63) is 95.6 Å². The summed E-state index contributed by atoms with van der Waals surface area (Å²) >= 11 is 0. The summed E-state index contributed by atoms with van der Waals surface area (Å²) in [6.45, 7) is 7.68. The van der Waals surface area contributed by atoms with Gasteiger partial charge in [0.1, 0.15) is 11.4 Å². The fourth-order valence-electron chi connectivity index (χ4n) is 4.26. The van der Waals surface area contributed by atoms with Gasteiger partial charge in [0.15, 0.2) is 0 Å². The summed E-state index contributed by atoms with van der Waals surface area (Å²) in [6, 6.07) is 26.6. The lowest BCUT2D eigenvalue weighted by Gasteiger charge is -2.32. The molecule has 0 radical (unpaired) electrons. The zero-order chi connectivity index (χ0) is 19.8. The van der Waals surface area contributed by atoms with E-state index < -0.39 is 13.7 Å². The number of para-hydroxylation sites is 1. The van der Waals surface area contributed by atoms with Gasteiger partial charge < -0.3 is 9.84 Å². The first-order valence-electron chi connectivity index (χ1n) is 9.99. The molecule has 1 heterocycles. The molecule has 0 aliphatic carbocycles. The van der Waals surface area contributed by atoms with Gasteiger partial charge in [-0.2, -0.15) is 0 Å². The van der Waals surface area contributed by atoms with Crippen molar-refractivity contribution in [2.45, 2.75) is 37.6 Å². The Morgan fingerprint density at radius 2 is 1.43 bits per heavy atom. The molecule has 0 fully saturated rings. The largest absolute Gasteiger partial charge is 0.493 e. The van der Waals surface area contributed by atoms with Gasteiger partial charge in [0.2, 0.25) is 0 Å². The minimum absolute atomic E-state index is 0.164. The van der Waals surface area contributed by atoms with Crippen LogP contribution in [0, 0.1) is 0 Å². The summed E-state index contributed by atoms with van der Waals surface area (Å²) < 4.78 is 6.21. The van der Waals surface area contributed by atoms with Crippen LogP contribution in [0.5, 0.6) is 5.75 Å². The van der Waals surface area contributed by atoms with Crippen LogP contribution >= 0.6 is 0 Å². The molecular weight excluding hydrogens is 360 g/mol. The Morgan fingerprint density at radius 1 is 0.857 bits per heavy atom. The average Bonchev–Trinajstić information content (AvgIpc) is 3.11. The summed E-state index contributed by atoms with van der Waals surface area (Å²) in [4.78, 5) is 0. The second-order valence-corrected chi connectivity index (χ2v) is 13.8. The molecule has 3 aromatic rings. The number of fused-ring (bicyclic) bond motifs is 1. The Balaban J connectivity index is 1.75. The van der Waals surface area contributed by atoms with Gasteiger partial charge in [0, 0.05) is 11.5 Å². The van der Waals surface area contributed by atoms with Gasteiger partial charge in [-0.05, 0) is 22.7 Å². The molecule has 1 aliphatic heterocycles. The smallest absolute Gasteiger partial charge is 0.122 e. The summed E-state index contributed by atoms with van der Waals surface area (Å²) in [5.74, 6) is 1.23. The van der Waals surface area contributed by atoms with Crippen LogP contribution < -0.4 is 9.92 Å². The maximum atomic E-state index is 11.9. The molecule has 3 heteroatoms. The maximum Gasteiger partial charge on any atom is 0.122 e. The molecule has 144 valence electrons. The average molecular weight is 389 g/mol. The van der Waals surface area contributed by atoms with Crippen molar-refractivity contribution in [3.63, 3.8) is 0 Å². The third-order valence-corrected chi connectivity index (χ3v) is 7.78. The highest BCUT2D eigenvalue weighted by molar-refractivity contribution is 6.89. The van der Waals surface area contributed by atoms with Gasteiger partial charge in [-0.1, -0.05) is 98.5 Å². The van der Waals surface area contributed by atoms with E-state index in [4.69, 9.17) is 4.74 Å². The van der Waals surface area contributed by atoms with Crippen molar-refractivity contribution in [2.24, 2.45) is 0 Å². The van der Waals surface area contributed by atoms with Crippen LogP contribution in [0.25, 0.3) is 0 Å². The molecule has 2 nitrogen and oxygen atoms in total. The van der Waals surface area contributed by atoms with E-state index in [-0.39, 0.29) is 5.92 Å². The van der Waals surface area contributed by atoms with E-state index in [2.05, 4.69) is 37.8 Å². The number of hydrogen-bond donors (Lipinski definition) is 1. The van der Waals surface area contributed by atoms with Crippen LogP contribution in [0.4, 0.5) is 0 Å². The van der Waals surface area contributed by atoms with Gasteiger partial charge >= 0.3 is 0 Å². The summed E-state index contributed by atoms with van der Waals surface area (Å²) in [5, 5.41) is 13.3. The van der Waals surface area contributed by atoms with Crippen molar-refractivity contribution in [1.82, 2.24) is 0 Å². The van der Waals surface area contributed by atoms with Crippen LogP contribution in [0.3, 0.4) is 0 Å². The molecule has 1 N–H and O–H groups in total. The number of ether oxygens (including phenoxy) is 1. The van der Waals surface area contributed by atoms with Crippen molar-refractivity contribution in [2.75, 3.05) is 6.61 Å². The zero-order valence-corrected chi connectivity index (χ0v) is 17.9. The molecule has 0 spiro atoms. The minimum Gasteiger partial charge on any atom is -0.493 e. The highest BCUT2D eigenvalue weighted by atomic mass is 28.3. The van der Waals surface area contributed by atoms with Crippen molar-refractivity contribution >= 4 is 13.3 Å². The zero-order valence-electron chi connectivity index (χ0n) is 16.9. The third-order valence-electron chi connectivity index (χ3n) is 5.77. The van der Waals surface area contributed by atoms with Gasteiger partial charge in [-0.25, -0.2) is 0 Å². The lowest BCUT2D eigenvalue weighted by Crippen LogP contribution is -2.38. The second-order valence-electron chi connectivity index (χ2n) is 8.78. The first-order chi connectivity index (χ1) is 13.4. The Kier molecular flexibility index (Phi) is 4.90. The minimum atomic E-state index is -1.49. The maximum absolute atomic E-state index is 11.9. The van der Waals surface area contributed by atoms with E-state index in [0.29, 0.717) is 13.0 Å². The molecule has 0 unspecified atom stereocenters. The Labute approximate surface area is 168 Å². The van der Waals surface area contributed by atoms with E-state index >= 15 is 0 Å². The number of benzene rings is 3. The van der Waals surface area contributed by atoms with E-state index in [1.165, 1.54) is 10.8 Å². The molecule has 28 heavy (non-hydrogen) atoms. The van der Waals surface area contributed by atoms with Crippen molar-refractivity contribution < 1.29 is 9.84 Å². The number of rotatable bonds is 5. The molecule has 0 saturated heterocycles. The molecule has 4 rings (SSSR count). The fourth-order valence-corrected chi connectivity index (χ4v) is 5.75. The Hall–Kier alpha value is -2.36. The van der Waals surface area contributed by atoms with Gasteiger partial charge in [-0.15, -0.1) is 0 Å². The SMILES string of the molecule is C[Si](C)(C)c1cccc2c1OC[C@@H]2CC(O)(c1ccccc1)c1ccccc1. The van der Waals surface area contributed by atoms with E-state index in [1.54, 1.807) is 0 Å². The second kappa shape index (κ2) is 7.23. The van der Waals surface area contributed by atoms with Crippen LogP contribution in [-0.2, 0) is 5.60 Å². The van der Waals surface area contributed by atoms with Crippen LogP contribution in [0.1, 0.15) is 29.0 Å². The van der Waals surface area contributed by atoms with Crippen LogP contribution in [0.2, 0.25) is 19.6 Å². The Morgan fingerprint density at radius 3 is 1.96 bits per heavy atom.